The van der Waals surface area contributed by atoms with Gasteiger partial charge >= 0.3 is 12.1 Å². The molecule has 0 radical (unpaired) electrons. The molecule has 1 aromatic carbocycles. The fourth-order valence-electron chi connectivity index (χ4n) is 2.33. The number of alkyl halides is 3. The molecule has 1 aliphatic rings. The Morgan fingerprint density at radius 3 is 2.47 bits per heavy atom. The molecule has 1 heterocycles. The lowest BCUT2D eigenvalue weighted by Crippen LogP contribution is -2.05. The summed E-state index contributed by atoms with van der Waals surface area (Å²) in [5, 5.41) is 3.40. The average Bonchev–Trinajstić information content (AvgIpc) is 2.87. The van der Waals surface area contributed by atoms with Gasteiger partial charge in [-0.15, -0.1) is 0 Å². The van der Waals surface area contributed by atoms with Crippen LogP contribution in [0.2, 0.25) is 0 Å². The first-order chi connectivity index (χ1) is 9.04. The van der Waals surface area contributed by atoms with E-state index in [-0.39, 0.29) is 5.82 Å². The summed E-state index contributed by atoms with van der Waals surface area (Å²) in [5.74, 6) is -1.32. The molecule has 0 aliphatic heterocycles. The van der Waals surface area contributed by atoms with E-state index in [0.717, 1.165) is 25.7 Å². The Morgan fingerprint density at radius 1 is 1.05 bits per heavy atom. The molecule has 6 heteroatoms. The van der Waals surface area contributed by atoms with Crippen LogP contribution in [0.15, 0.2) is 22.7 Å². The van der Waals surface area contributed by atoms with Crippen LogP contribution >= 0.6 is 0 Å². The molecule has 1 aromatic heterocycles. The molecule has 3 rings (SSSR count). The van der Waals surface area contributed by atoms with Gasteiger partial charge in [0, 0.05) is 5.56 Å². The van der Waals surface area contributed by atoms with Gasteiger partial charge in [-0.3, -0.25) is 0 Å². The SMILES string of the molecule is FC(F)(F)c1nc(-c2ccc3c(c2)CCCC3)no1. The summed E-state index contributed by atoms with van der Waals surface area (Å²) in [6, 6.07) is 5.54. The minimum atomic E-state index is -4.60. The van der Waals surface area contributed by atoms with E-state index in [1.54, 1.807) is 6.07 Å². The lowest BCUT2D eigenvalue weighted by molar-refractivity contribution is -0.159. The molecule has 0 bridgehead atoms. The Kier molecular flexibility index (Phi) is 2.80. The zero-order valence-corrected chi connectivity index (χ0v) is 10.00. The molecule has 0 N–H and O–H groups in total. The van der Waals surface area contributed by atoms with Gasteiger partial charge in [-0.25, -0.2) is 0 Å². The van der Waals surface area contributed by atoms with Crippen molar-refractivity contribution in [2.24, 2.45) is 0 Å². The number of benzene rings is 1. The van der Waals surface area contributed by atoms with Crippen molar-refractivity contribution >= 4 is 0 Å². The maximum Gasteiger partial charge on any atom is 0.471 e. The van der Waals surface area contributed by atoms with Crippen LogP contribution in [0.4, 0.5) is 13.2 Å². The molecule has 1 aliphatic carbocycles. The molecule has 0 saturated heterocycles. The Balaban J connectivity index is 1.96. The number of nitrogens with zero attached hydrogens (tertiary/aromatic N) is 2. The number of fused-ring (bicyclic) bond motifs is 1. The number of aryl methyl sites for hydroxylation is 2. The topological polar surface area (TPSA) is 38.9 Å². The largest absolute Gasteiger partial charge is 0.471 e. The molecule has 0 fully saturated rings. The van der Waals surface area contributed by atoms with Crippen molar-refractivity contribution in [3.63, 3.8) is 0 Å². The summed E-state index contributed by atoms with van der Waals surface area (Å²) < 4.78 is 41.4. The summed E-state index contributed by atoms with van der Waals surface area (Å²) in [6.45, 7) is 0. The van der Waals surface area contributed by atoms with Crippen molar-refractivity contribution in [1.29, 1.82) is 0 Å². The normalized spacial score (nSPS) is 15.3. The highest BCUT2D eigenvalue weighted by molar-refractivity contribution is 5.57. The summed E-state index contributed by atoms with van der Waals surface area (Å²) in [5.41, 5.74) is 3.00. The standard InChI is InChI=1S/C13H11F3N2O/c14-13(15,16)12-17-11(18-19-12)10-6-5-8-3-1-2-4-9(8)7-10/h5-7H,1-4H2. The van der Waals surface area contributed by atoms with Crippen molar-refractivity contribution in [3.8, 4) is 11.4 Å². The fraction of sp³-hybridized carbons (Fsp3) is 0.385. The third-order valence-electron chi connectivity index (χ3n) is 3.28. The third-order valence-corrected chi connectivity index (χ3v) is 3.28. The van der Waals surface area contributed by atoms with Crippen LogP contribution in [0, 0.1) is 0 Å². The fourth-order valence-corrected chi connectivity index (χ4v) is 2.33. The summed E-state index contributed by atoms with van der Waals surface area (Å²) >= 11 is 0. The second-order valence-electron chi connectivity index (χ2n) is 4.61. The van der Waals surface area contributed by atoms with Gasteiger partial charge < -0.3 is 4.52 Å². The lowest BCUT2D eigenvalue weighted by Gasteiger charge is -2.15. The number of aromatic nitrogens is 2. The van der Waals surface area contributed by atoms with Crippen molar-refractivity contribution in [2.45, 2.75) is 31.9 Å². The highest BCUT2D eigenvalue weighted by atomic mass is 19.4. The molecular weight excluding hydrogens is 257 g/mol. The van der Waals surface area contributed by atoms with Crippen molar-refractivity contribution in [3.05, 3.63) is 35.2 Å². The van der Waals surface area contributed by atoms with Crippen LogP contribution in [-0.2, 0) is 19.0 Å². The zero-order valence-electron chi connectivity index (χ0n) is 10.00. The lowest BCUT2D eigenvalue weighted by atomic mass is 9.90. The van der Waals surface area contributed by atoms with Gasteiger partial charge in [0.25, 0.3) is 0 Å². The van der Waals surface area contributed by atoms with Gasteiger partial charge in [-0.05, 0) is 42.9 Å². The quantitative estimate of drug-likeness (QED) is 0.792. The number of rotatable bonds is 1. The first-order valence-corrected chi connectivity index (χ1v) is 6.07. The van der Waals surface area contributed by atoms with Gasteiger partial charge in [0.05, 0.1) is 0 Å². The Bertz CT molecular complexity index is 604. The maximum atomic E-state index is 12.4. The van der Waals surface area contributed by atoms with Gasteiger partial charge in [-0.2, -0.15) is 18.2 Å². The van der Waals surface area contributed by atoms with Crippen LogP contribution in [0.3, 0.4) is 0 Å². The van der Waals surface area contributed by atoms with Gasteiger partial charge in [-0.1, -0.05) is 17.3 Å². The minimum Gasteiger partial charge on any atom is -0.329 e. The second-order valence-corrected chi connectivity index (χ2v) is 4.61. The summed E-state index contributed by atoms with van der Waals surface area (Å²) in [4.78, 5) is 3.40. The Morgan fingerprint density at radius 2 is 1.79 bits per heavy atom. The Labute approximate surface area is 107 Å². The summed E-state index contributed by atoms with van der Waals surface area (Å²) in [6.07, 6.45) is -0.356. The first-order valence-electron chi connectivity index (χ1n) is 6.07. The van der Waals surface area contributed by atoms with Crippen LogP contribution in [0.1, 0.15) is 29.9 Å². The minimum absolute atomic E-state index is 0.0132. The molecule has 0 saturated carbocycles. The molecule has 100 valence electrons. The highest BCUT2D eigenvalue weighted by Gasteiger charge is 2.38. The third kappa shape index (κ3) is 2.34. The predicted molar refractivity (Wildman–Crippen MR) is 61.4 cm³/mol. The van der Waals surface area contributed by atoms with E-state index in [0.29, 0.717) is 5.56 Å². The van der Waals surface area contributed by atoms with Gasteiger partial charge in [0.15, 0.2) is 0 Å². The first kappa shape index (κ1) is 12.2. The van der Waals surface area contributed by atoms with Gasteiger partial charge in [0.2, 0.25) is 5.82 Å². The molecule has 19 heavy (non-hydrogen) atoms. The van der Waals surface area contributed by atoms with Crippen molar-refractivity contribution in [1.82, 2.24) is 10.1 Å². The molecule has 0 atom stereocenters. The Hall–Kier alpha value is -1.85. The van der Waals surface area contributed by atoms with E-state index >= 15 is 0 Å². The van der Waals surface area contributed by atoms with E-state index < -0.39 is 12.1 Å². The monoisotopic (exact) mass is 268 g/mol. The molecule has 2 aromatic rings. The smallest absolute Gasteiger partial charge is 0.329 e. The van der Waals surface area contributed by atoms with Crippen LogP contribution in [0.25, 0.3) is 11.4 Å². The predicted octanol–water partition coefficient (Wildman–Crippen LogP) is 3.63. The number of halogens is 3. The average molecular weight is 268 g/mol. The zero-order chi connectivity index (χ0) is 13.5. The van der Waals surface area contributed by atoms with E-state index in [4.69, 9.17) is 0 Å². The molecule has 0 unspecified atom stereocenters. The van der Waals surface area contributed by atoms with Crippen LogP contribution < -0.4 is 0 Å². The van der Waals surface area contributed by atoms with E-state index in [9.17, 15) is 13.2 Å². The van der Waals surface area contributed by atoms with Gasteiger partial charge in [0.1, 0.15) is 0 Å². The molecular formula is C13H11F3N2O. The van der Waals surface area contributed by atoms with Crippen LogP contribution in [0.5, 0.6) is 0 Å². The van der Waals surface area contributed by atoms with Crippen LogP contribution in [-0.4, -0.2) is 10.1 Å². The second kappa shape index (κ2) is 4.36. The number of hydrogen-bond donors (Lipinski definition) is 0. The van der Waals surface area contributed by atoms with E-state index in [1.165, 1.54) is 11.1 Å². The van der Waals surface area contributed by atoms with Crippen molar-refractivity contribution < 1.29 is 17.7 Å². The molecule has 0 spiro atoms. The molecule has 0 amide bonds. The summed E-state index contributed by atoms with van der Waals surface area (Å²) in [7, 11) is 0. The maximum absolute atomic E-state index is 12.4. The number of hydrogen-bond acceptors (Lipinski definition) is 3. The van der Waals surface area contributed by atoms with Crippen molar-refractivity contribution in [2.75, 3.05) is 0 Å². The molecule has 3 nitrogen and oxygen atoms in total. The van der Waals surface area contributed by atoms with E-state index in [1.807, 2.05) is 12.1 Å². The highest BCUT2D eigenvalue weighted by Crippen LogP contribution is 2.30. The van der Waals surface area contributed by atoms with E-state index in [2.05, 4.69) is 14.7 Å².